The second kappa shape index (κ2) is 5.14. The highest BCUT2D eigenvalue weighted by Gasteiger charge is 2.38. The molecule has 1 aliphatic rings. The van der Waals surface area contributed by atoms with Crippen LogP contribution in [0.4, 0.5) is 0 Å². The number of halogens is 1. The van der Waals surface area contributed by atoms with Crippen molar-refractivity contribution in [1.82, 2.24) is 9.88 Å². The molecule has 2 unspecified atom stereocenters. The Balaban J connectivity index is 2.28. The van der Waals surface area contributed by atoms with Crippen LogP contribution in [0, 0.1) is 0 Å². The highest BCUT2D eigenvalue weighted by molar-refractivity contribution is 9.10. The van der Waals surface area contributed by atoms with Gasteiger partial charge in [-0.25, -0.2) is 0 Å². The van der Waals surface area contributed by atoms with Crippen molar-refractivity contribution in [2.45, 2.75) is 31.8 Å². The van der Waals surface area contributed by atoms with Gasteiger partial charge in [0.1, 0.15) is 0 Å². The van der Waals surface area contributed by atoms with Gasteiger partial charge in [-0.1, -0.05) is 6.92 Å². The SMILES string of the molecule is CCCN1C(=O)CC(N)C1c1ccc(Br)cn1. The number of nitrogens with two attached hydrogens (primary N) is 1. The first kappa shape index (κ1) is 12.5. The van der Waals surface area contributed by atoms with Crippen molar-refractivity contribution in [3.63, 3.8) is 0 Å². The summed E-state index contributed by atoms with van der Waals surface area (Å²) in [5, 5.41) is 0. The van der Waals surface area contributed by atoms with Gasteiger partial charge in [0.05, 0.1) is 11.7 Å². The summed E-state index contributed by atoms with van der Waals surface area (Å²) in [4.78, 5) is 18.0. The Morgan fingerprint density at radius 3 is 2.94 bits per heavy atom. The van der Waals surface area contributed by atoms with Gasteiger partial charge in [-0.2, -0.15) is 0 Å². The van der Waals surface area contributed by atoms with E-state index in [4.69, 9.17) is 5.73 Å². The molecular weight excluding hydrogens is 282 g/mol. The van der Waals surface area contributed by atoms with Gasteiger partial charge in [0.2, 0.25) is 5.91 Å². The number of nitrogens with zero attached hydrogens (tertiary/aromatic N) is 2. The second-order valence-electron chi connectivity index (χ2n) is 4.30. The molecule has 0 aromatic carbocycles. The summed E-state index contributed by atoms with van der Waals surface area (Å²) in [5.41, 5.74) is 6.92. The van der Waals surface area contributed by atoms with Crippen molar-refractivity contribution < 1.29 is 4.79 Å². The van der Waals surface area contributed by atoms with Crippen molar-refractivity contribution in [2.75, 3.05) is 6.54 Å². The van der Waals surface area contributed by atoms with E-state index in [9.17, 15) is 4.79 Å². The molecule has 0 saturated carbocycles. The van der Waals surface area contributed by atoms with Crippen LogP contribution in [0.3, 0.4) is 0 Å². The van der Waals surface area contributed by atoms with E-state index in [0.717, 1.165) is 23.1 Å². The van der Waals surface area contributed by atoms with Crippen molar-refractivity contribution in [1.29, 1.82) is 0 Å². The number of aromatic nitrogens is 1. The summed E-state index contributed by atoms with van der Waals surface area (Å²) in [6.45, 7) is 2.80. The maximum Gasteiger partial charge on any atom is 0.224 e. The monoisotopic (exact) mass is 297 g/mol. The van der Waals surface area contributed by atoms with E-state index in [1.54, 1.807) is 6.20 Å². The summed E-state index contributed by atoms with van der Waals surface area (Å²) in [7, 11) is 0. The van der Waals surface area contributed by atoms with E-state index in [1.165, 1.54) is 0 Å². The highest BCUT2D eigenvalue weighted by atomic mass is 79.9. The third kappa shape index (κ3) is 2.50. The van der Waals surface area contributed by atoms with Crippen LogP contribution in [0.15, 0.2) is 22.8 Å². The molecule has 2 heterocycles. The second-order valence-corrected chi connectivity index (χ2v) is 5.22. The molecule has 5 heteroatoms. The molecule has 2 rings (SSSR count). The smallest absolute Gasteiger partial charge is 0.224 e. The van der Waals surface area contributed by atoms with Crippen molar-refractivity contribution in [3.05, 3.63) is 28.5 Å². The molecule has 2 N–H and O–H groups in total. The molecule has 1 aromatic rings. The minimum absolute atomic E-state index is 0.0736. The van der Waals surface area contributed by atoms with Gasteiger partial charge >= 0.3 is 0 Å². The maximum atomic E-state index is 11.8. The lowest BCUT2D eigenvalue weighted by Crippen LogP contribution is -2.34. The molecule has 1 amide bonds. The standard InChI is InChI=1S/C12H16BrN3O/c1-2-5-16-11(17)6-9(14)12(16)10-4-3-8(13)7-15-10/h3-4,7,9,12H,2,5-6,14H2,1H3. The van der Waals surface area contributed by atoms with Crippen LogP contribution in [-0.2, 0) is 4.79 Å². The van der Waals surface area contributed by atoms with Crippen LogP contribution < -0.4 is 5.73 Å². The fraction of sp³-hybridized carbons (Fsp3) is 0.500. The van der Waals surface area contributed by atoms with Gasteiger partial charge in [-0.05, 0) is 34.5 Å². The van der Waals surface area contributed by atoms with Crippen LogP contribution in [0.1, 0.15) is 31.5 Å². The lowest BCUT2D eigenvalue weighted by molar-refractivity contribution is -0.129. The van der Waals surface area contributed by atoms with E-state index in [2.05, 4.69) is 27.8 Å². The summed E-state index contributed by atoms with van der Waals surface area (Å²) >= 11 is 3.35. The number of pyridine rings is 1. The zero-order valence-electron chi connectivity index (χ0n) is 9.77. The number of rotatable bonds is 3. The molecule has 2 atom stereocenters. The van der Waals surface area contributed by atoms with E-state index >= 15 is 0 Å². The van der Waals surface area contributed by atoms with E-state index < -0.39 is 0 Å². The van der Waals surface area contributed by atoms with Crippen LogP contribution in [0.5, 0.6) is 0 Å². The molecule has 0 spiro atoms. The average molecular weight is 298 g/mol. The Bertz CT molecular complexity index is 407. The molecule has 1 saturated heterocycles. The predicted molar refractivity (Wildman–Crippen MR) is 69.3 cm³/mol. The molecule has 0 aliphatic carbocycles. The van der Waals surface area contributed by atoms with Crippen molar-refractivity contribution >= 4 is 21.8 Å². The minimum Gasteiger partial charge on any atom is -0.332 e. The zero-order chi connectivity index (χ0) is 12.4. The summed E-state index contributed by atoms with van der Waals surface area (Å²) in [5.74, 6) is 0.133. The summed E-state index contributed by atoms with van der Waals surface area (Å²) in [6.07, 6.45) is 3.10. The van der Waals surface area contributed by atoms with Gasteiger partial charge in [0.15, 0.2) is 0 Å². The zero-order valence-corrected chi connectivity index (χ0v) is 11.4. The predicted octanol–water partition coefficient (Wildman–Crippen LogP) is 1.85. The minimum atomic E-state index is -0.150. The van der Waals surface area contributed by atoms with E-state index in [-0.39, 0.29) is 18.0 Å². The lowest BCUT2D eigenvalue weighted by atomic mass is 10.1. The number of likely N-dealkylation sites (tertiary alicyclic amines) is 1. The van der Waals surface area contributed by atoms with Crippen LogP contribution in [0.25, 0.3) is 0 Å². The van der Waals surface area contributed by atoms with Gasteiger partial charge in [0.25, 0.3) is 0 Å². The molecule has 0 bridgehead atoms. The van der Waals surface area contributed by atoms with E-state index in [0.29, 0.717) is 6.42 Å². The first-order chi connectivity index (χ1) is 8.13. The van der Waals surface area contributed by atoms with E-state index in [1.807, 2.05) is 17.0 Å². The van der Waals surface area contributed by atoms with Crippen LogP contribution in [0.2, 0.25) is 0 Å². The Hall–Kier alpha value is -0.940. The Kier molecular flexibility index (Phi) is 3.79. The van der Waals surface area contributed by atoms with Crippen LogP contribution in [-0.4, -0.2) is 28.4 Å². The third-order valence-corrected chi connectivity index (χ3v) is 3.46. The Morgan fingerprint density at radius 1 is 1.59 bits per heavy atom. The molecule has 1 aromatic heterocycles. The number of carbonyl (C=O) groups excluding carboxylic acids is 1. The molecule has 1 aliphatic heterocycles. The number of hydrogen-bond donors (Lipinski definition) is 1. The molecule has 92 valence electrons. The summed E-state index contributed by atoms with van der Waals surface area (Å²) < 4.78 is 0.932. The number of carbonyl (C=O) groups is 1. The molecule has 1 fully saturated rings. The first-order valence-electron chi connectivity index (χ1n) is 5.80. The van der Waals surface area contributed by atoms with Crippen molar-refractivity contribution in [2.24, 2.45) is 5.73 Å². The average Bonchev–Trinajstić information content (AvgIpc) is 2.56. The lowest BCUT2D eigenvalue weighted by Gasteiger charge is -2.26. The third-order valence-electron chi connectivity index (χ3n) is 2.99. The van der Waals surface area contributed by atoms with Crippen molar-refractivity contribution in [3.8, 4) is 0 Å². The molecular formula is C12H16BrN3O. The fourth-order valence-corrected chi connectivity index (χ4v) is 2.50. The Labute approximate surface area is 109 Å². The highest BCUT2D eigenvalue weighted by Crippen LogP contribution is 2.31. The summed E-state index contributed by atoms with van der Waals surface area (Å²) in [6, 6.07) is 3.64. The Morgan fingerprint density at radius 2 is 2.35 bits per heavy atom. The fourth-order valence-electron chi connectivity index (χ4n) is 2.26. The van der Waals surface area contributed by atoms with Gasteiger partial charge in [0, 0.05) is 29.7 Å². The first-order valence-corrected chi connectivity index (χ1v) is 6.59. The largest absolute Gasteiger partial charge is 0.332 e. The maximum absolute atomic E-state index is 11.8. The number of hydrogen-bond acceptors (Lipinski definition) is 3. The quantitative estimate of drug-likeness (QED) is 0.926. The van der Waals surface area contributed by atoms with Crippen LogP contribution >= 0.6 is 15.9 Å². The van der Waals surface area contributed by atoms with Gasteiger partial charge in [-0.3, -0.25) is 9.78 Å². The van der Waals surface area contributed by atoms with Gasteiger partial charge < -0.3 is 10.6 Å². The topological polar surface area (TPSA) is 59.2 Å². The molecule has 4 nitrogen and oxygen atoms in total. The van der Waals surface area contributed by atoms with Gasteiger partial charge in [-0.15, -0.1) is 0 Å². The molecule has 0 radical (unpaired) electrons. The normalized spacial score (nSPS) is 24.4. The number of amides is 1. The molecule has 17 heavy (non-hydrogen) atoms.